The van der Waals surface area contributed by atoms with Crippen LogP contribution in [0, 0.1) is 0 Å². The van der Waals surface area contributed by atoms with E-state index in [0.29, 0.717) is 0 Å². The predicted molar refractivity (Wildman–Crippen MR) is 215 cm³/mol. The Hall–Kier alpha value is -5.74. The van der Waals surface area contributed by atoms with E-state index in [1.807, 2.05) is 22.7 Å². The van der Waals surface area contributed by atoms with E-state index >= 15 is 0 Å². The number of nitrogens with zero attached hydrogens (tertiary/aromatic N) is 1. The first-order valence-electron chi connectivity index (χ1n) is 16.6. The molecule has 0 spiro atoms. The van der Waals surface area contributed by atoms with E-state index in [9.17, 15) is 0 Å². The summed E-state index contributed by atoms with van der Waals surface area (Å²) in [5, 5.41) is 7.74. The van der Waals surface area contributed by atoms with Gasteiger partial charge in [0, 0.05) is 36.6 Å². The molecule has 1 nitrogen and oxygen atoms in total. The van der Waals surface area contributed by atoms with Crippen molar-refractivity contribution in [1.29, 1.82) is 0 Å². The van der Waals surface area contributed by atoms with Crippen molar-refractivity contribution in [3.8, 4) is 22.3 Å². The molecule has 8 aromatic carbocycles. The Bertz CT molecular complexity index is 2820. The third-order valence-corrected chi connectivity index (χ3v) is 12.1. The first-order valence-corrected chi connectivity index (χ1v) is 18.2. The van der Waals surface area contributed by atoms with Gasteiger partial charge in [-0.1, -0.05) is 140 Å². The molecule has 0 N–H and O–H groups in total. The van der Waals surface area contributed by atoms with E-state index in [2.05, 4.69) is 181 Å². The van der Waals surface area contributed by atoms with Crippen LogP contribution in [-0.4, -0.2) is 0 Å². The lowest BCUT2D eigenvalue weighted by atomic mass is 9.97. The predicted octanol–water partition coefficient (Wildman–Crippen LogP) is 14.4. The van der Waals surface area contributed by atoms with Gasteiger partial charge in [-0.2, -0.15) is 0 Å². The van der Waals surface area contributed by atoms with Crippen LogP contribution in [0.2, 0.25) is 0 Å². The maximum absolute atomic E-state index is 2.50. The summed E-state index contributed by atoms with van der Waals surface area (Å²) in [5.41, 5.74) is 8.50. The average molecular weight is 660 g/mol. The molecule has 0 aliphatic carbocycles. The molecular weight excluding hydrogens is 631 g/mol. The third kappa shape index (κ3) is 4.58. The van der Waals surface area contributed by atoms with Gasteiger partial charge in [0.05, 0.1) is 20.8 Å². The minimum absolute atomic E-state index is 1.14. The quantitative estimate of drug-likeness (QED) is 0.178. The molecular formula is C46H29NS2. The van der Waals surface area contributed by atoms with E-state index in [0.717, 1.165) is 5.69 Å². The zero-order valence-electron chi connectivity index (χ0n) is 26.5. The van der Waals surface area contributed by atoms with Gasteiger partial charge in [0.15, 0.2) is 0 Å². The molecule has 10 aromatic rings. The Balaban J connectivity index is 1.25. The minimum atomic E-state index is 1.14. The molecule has 0 aliphatic heterocycles. The topological polar surface area (TPSA) is 3.24 Å². The molecule has 0 unspecified atom stereocenters. The first-order chi connectivity index (χ1) is 24.3. The monoisotopic (exact) mass is 659 g/mol. The molecule has 0 saturated heterocycles. The molecule has 10 rings (SSSR count). The Morgan fingerprint density at radius 1 is 0.347 bits per heavy atom. The van der Waals surface area contributed by atoms with Gasteiger partial charge in [-0.05, 0) is 69.4 Å². The molecule has 2 heterocycles. The highest BCUT2D eigenvalue weighted by Crippen LogP contribution is 2.51. The molecule has 0 aliphatic rings. The van der Waals surface area contributed by atoms with E-state index in [1.165, 1.54) is 84.7 Å². The summed E-state index contributed by atoms with van der Waals surface area (Å²) in [6, 6.07) is 64.3. The van der Waals surface area contributed by atoms with Crippen LogP contribution in [-0.2, 0) is 0 Å². The lowest BCUT2D eigenvalue weighted by Crippen LogP contribution is -2.10. The van der Waals surface area contributed by atoms with Crippen LogP contribution in [0.3, 0.4) is 0 Å². The summed E-state index contributed by atoms with van der Waals surface area (Å²) >= 11 is 3.77. The molecule has 49 heavy (non-hydrogen) atoms. The fraction of sp³-hybridized carbons (Fsp3) is 0. The summed E-state index contributed by atoms with van der Waals surface area (Å²) in [4.78, 5) is 2.50. The molecule has 3 heteroatoms. The summed E-state index contributed by atoms with van der Waals surface area (Å²) in [7, 11) is 0. The zero-order chi connectivity index (χ0) is 32.3. The van der Waals surface area contributed by atoms with Crippen LogP contribution in [0.15, 0.2) is 176 Å². The van der Waals surface area contributed by atoms with Crippen LogP contribution in [0.4, 0.5) is 17.1 Å². The third-order valence-electron chi connectivity index (χ3n) is 9.68. The van der Waals surface area contributed by atoms with Crippen molar-refractivity contribution >= 4 is 90.9 Å². The normalized spacial score (nSPS) is 11.7. The molecule has 0 saturated carbocycles. The van der Waals surface area contributed by atoms with Crippen molar-refractivity contribution in [3.63, 3.8) is 0 Å². The molecule has 0 bridgehead atoms. The van der Waals surface area contributed by atoms with Gasteiger partial charge in [0.1, 0.15) is 0 Å². The van der Waals surface area contributed by atoms with Crippen molar-refractivity contribution < 1.29 is 0 Å². The summed E-state index contributed by atoms with van der Waals surface area (Å²) in [6.45, 7) is 0. The van der Waals surface area contributed by atoms with Crippen LogP contribution >= 0.6 is 22.7 Å². The molecule has 0 amide bonds. The number of fused-ring (bicyclic) bond motifs is 7. The summed E-state index contributed by atoms with van der Waals surface area (Å²) in [6.07, 6.45) is 0. The zero-order valence-corrected chi connectivity index (χ0v) is 28.1. The van der Waals surface area contributed by atoms with E-state index in [4.69, 9.17) is 0 Å². The second-order valence-corrected chi connectivity index (χ2v) is 14.6. The van der Waals surface area contributed by atoms with Crippen molar-refractivity contribution in [1.82, 2.24) is 0 Å². The highest BCUT2D eigenvalue weighted by atomic mass is 32.1. The number of rotatable bonds is 5. The Morgan fingerprint density at radius 3 is 1.78 bits per heavy atom. The average Bonchev–Trinajstić information content (AvgIpc) is 3.75. The lowest BCUT2D eigenvalue weighted by molar-refractivity contribution is 1.32. The van der Waals surface area contributed by atoms with E-state index in [1.54, 1.807) is 0 Å². The maximum Gasteiger partial charge on any atom is 0.0641 e. The number of anilines is 3. The second kappa shape index (κ2) is 11.5. The first kappa shape index (κ1) is 28.3. The Labute approximate surface area is 292 Å². The second-order valence-electron chi connectivity index (χ2n) is 12.5. The SMILES string of the molecule is c1ccc(-c2ccc(N(c3ccc(-c4cccc5ccccc45)cc3)c3cccc4c3sc3ccccc34)c3sc4ccccc4c23)cc1. The molecule has 0 fully saturated rings. The number of hydrogen-bond acceptors (Lipinski definition) is 3. The van der Waals surface area contributed by atoms with Gasteiger partial charge in [0.25, 0.3) is 0 Å². The molecule has 2 aromatic heterocycles. The van der Waals surface area contributed by atoms with Crippen molar-refractivity contribution in [2.45, 2.75) is 0 Å². The molecule has 230 valence electrons. The summed E-state index contributed by atoms with van der Waals surface area (Å²) in [5.74, 6) is 0. The Morgan fingerprint density at radius 2 is 0.939 bits per heavy atom. The van der Waals surface area contributed by atoms with Gasteiger partial charge in [-0.25, -0.2) is 0 Å². The van der Waals surface area contributed by atoms with Gasteiger partial charge >= 0.3 is 0 Å². The Kier molecular flexibility index (Phi) is 6.61. The minimum Gasteiger partial charge on any atom is -0.308 e. The van der Waals surface area contributed by atoms with Gasteiger partial charge < -0.3 is 4.90 Å². The van der Waals surface area contributed by atoms with Crippen molar-refractivity contribution in [2.24, 2.45) is 0 Å². The van der Waals surface area contributed by atoms with Gasteiger partial charge in [0.2, 0.25) is 0 Å². The number of thiophene rings is 2. The highest BCUT2D eigenvalue weighted by Gasteiger charge is 2.23. The smallest absolute Gasteiger partial charge is 0.0641 e. The highest BCUT2D eigenvalue weighted by molar-refractivity contribution is 7.27. The molecule has 0 atom stereocenters. The fourth-order valence-corrected chi connectivity index (χ4v) is 9.87. The van der Waals surface area contributed by atoms with Crippen molar-refractivity contribution in [3.05, 3.63) is 176 Å². The van der Waals surface area contributed by atoms with E-state index < -0.39 is 0 Å². The van der Waals surface area contributed by atoms with Crippen LogP contribution in [0.25, 0.3) is 73.4 Å². The lowest BCUT2D eigenvalue weighted by Gasteiger charge is -2.27. The van der Waals surface area contributed by atoms with Crippen LogP contribution < -0.4 is 4.90 Å². The largest absolute Gasteiger partial charge is 0.308 e. The fourth-order valence-electron chi connectivity index (χ4n) is 7.43. The summed E-state index contributed by atoms with van der Waals surface area (Å²) < 4.78 is 5.19. The van der Waals surface area contributed by atoms with Crippen LogP contribution in [0.5, 0.6) is 0 Å². The van der Waals surface area contributed by atoms with Gasteiger partial charge in [-0.15, -0.1) is 22.7 Å². The number of benzene rings is 8. The number of hydrogen-bond donors (Lipinski definition) is 0. The van der Waals surface area contributed by atoms with E-state index in [-0.39, 0.29) is 0 Å². The van der Waals surface area contributed by atoms with Crippen molar-refractivity contribution in [2.75, 3.05) is 4.90 Å². The maximum atomic E-state index is 2.50. The standard InChI is InChI=1S/C46H29NS2/c1-2-12-31(13-3-1)36-28-29-41(46-44(36)39-18-7-9-23-43(39)49-46)47(40-21-11-20-38-37-17-6-8-22-42(37)48-45(38)40)33-26-24-32(25-27-33)35-19-10-15-30-14-4-5-16-34(30)35/h1-29H. The van der Waals surface area contributed by atoms with Crippen LogP contribution in [0.1, 0.15) is 0 Å². The molecule has 0 radical (unpaired) electrons. The van der Waals surface area contributed by atoms with Gasteiger partial charge in [-0.3, -0.25) is 0 Å².